The van der Waals surface area contributed by atoms with Gasteiger partial charge in [0.2, 0.25) is 0 Å². The zero-order valence-corrected chi connectivity index (χ0v) is 10.9. The number of rotatable bonds is 0. The Bertz CT molecular complexity index is 155. The summed E-state index contributed by atoms with van der Waals surface area (Å²) in [4.78, 5) is 0. The second kappa shape index (κ2) is 3.87. The molecule has 0 bridgehead atoms. The third-order valence-electron chi connectivity index (χ3n) is 3.62. The Morgan fingerprint density at radius 2 is 1.50 bits per heavy atom. The van der Waals surface area contributed by atoms with E-state index in [-0.39, 0.29) is 0 Å². The number of hydrogen-bond acceptors (Lipinski definition) is 0. The Balaban J connectivity index is 2.80. The van der Waals surface area contributed by atoms with Gasteiger partial charge in [0.05, 0.1) is 0 Å². The number of hydrogen-bond donors (Lipinski definition) is 0. The summed E-state index contributed by atoms with van der Waals surface area (Å²) in [5.74, 6) is 2.66. The van der Waals surface area contributed by atoms with E-state index in [2.05, 4.69) is 41.5 Å². The lowest BCUT2D eigenvalue weighted by Gasteiger charge is -2.46. The maximum absolute atomic E-state index is 2.40. The van der Waals surface area contributed by atoms with Crippen LogP contribution in [0.25, 0.3) is 0 Å². The summed E-state index contributed by atoms with van der Waals surface area (Å²) < 4.78 is 0. The summed E-state index contributed by atoms with van der Waals surface area (Å²) in [5.41, 5.74) is 0.876. The summed E-state index contributed by atoms with van der Waals surface area (Å²) in [5, 5.41) is 0. The average Bonchev–Trinajstić information content (AvgIpc) is 2.01. The van der Waals surface area contributed by atoms with E-state index in [0.29, 0.717) is 10.8 Å². The first kappa shape index (κ1) is 12.1. The van der Waals surface area contributed by atoms with Crippen molar-refractivity contribution >= 4 is 0 Å². The van der Waals surface area contributed by atoms with Crippen LogP contribution in [0.15, 0.2) is 0 Å². The van der Waals surface area contributed by atoms with E-state index in [1.165, 1.54) is 25.7 Å². The summed E-state index contributed by atoms with van der Waals surface area (Å²) in [6.45, 7) is 14.3. The first-order valence-electron chi connectivity index (χ1n) is 6.09. The monoisotopic (exact) mass is 195 g/mol. The van der Waals surface area contributed by atoms with Crippen LogP contribution in [0.1, 0.15) is 67.2 Å². The highest BCUT2D eigenvalue weighted by Crippen LogP contribution is 2.50. The standard InChI is InChI=1S/C14H27/c1-13(2,3)11-9-7-8-10-12(11)14(4,5)6/h11H,7-10H2,1-6H3. The van der Waals surface area contributed by atoms with E-state index in [1.54, 1.807) is 0 Å². The maximum atomic E-state index is 2.40. The van der Waals surface area contributed by atoms with Crippen LogP contribution in [0.2, 0.25) is 0 Å². The quantitative estimate of drug-likeness (QED) is 0.518. The highest BCUT2D eigenvalue weighted by Gasteiger charge is 2.40. The van der Waals surface area contributed by atoms with E-state index in [1.807, 2.05) is 5.92 Å². The maximum Gasteiger partial charge on any atom is -0.0151 e. The summed E-state index contributed by atoms with van der Waals surface area (Å²) in [6, 6.07) is 0. The summed E-state index contributed by atoms with van der Waals surface area (Å²) >= 11 is 0. The van der Waals surface area contributed by atoms with Crippen LogP contribution in [0.3, 0.4) is 0 Å². The molecule has 0 nitrogen and oxygen atoms in total. The van der Waals surface area contributed by atoms with Crippen molar-refractivity contribution in [1.29, 1.82) is 0 Å². The van der Waals surface area contributed by atoms with Crippen molar-refractivity contribution in [3.05, 3.63) is 5.92 Å². The Labute approximate surface area is 90.5 Å². The molecule has 0 heterocycles. The van der Waals surface area contributed by atoms with Crippen LogP contribution in [-0.4, -0.2) is 0 Å². The molecule has 0 heteroatoms. The van der Waals surface area contributed by atoms with Gasteiger partial charge in [-0.3, -0.25) is 0 Å². The Morgan fingerprint density at radius 1 is 0.929 bits per heavy atom. The SMILES string of the molecule is CC(C)(C)[C]1CCCCC1C(C)(C)C. The lowest BCUT2D eigenvalue weighted by molar-refractivity contribution is 0.152. The van der Waals surface area contributed by atoms with Crippen LogP contribution in [0.4, 0.5) is 0 Å². The van der Waals surface area contributed by atoms with Crippen LogP contribution >= 0.6 is 0 Å². The van der Waals surface area contributed by atoms with Crippen molar-refractivity contribution in [2.75, 3.05) is 0 Å². The molecule has 1 aliphatic carbocycles. The molecule has 0 amide bonds. The molecular formula is C14H27. The molecule has 1 atom stereocenters. The minimum atomic E-state index is 0.415. The van der Waals surface area contributed by atoms with Gasteiger partial charge in [0.15, 0.2) is 0 Å². The lowest BCUT2D eigenvalue weighted by atomic mass is 9.59. The molecule has 1 radical (unpaired) electrons. The van der Waals surface area contributed by atoms with E-state index < -0.39 is 0 Å². The predicted octanol–water partition coefficient (Wildman–Crippen LogP) is 4.84. The predicted molar refractivity (Wildman–Crippen MR) is 64.1 cm³/mol. The summed E-state index contributed by atoms with van der Waals surface area (Å²) in [7, 11) is 0. The fourth-order valence-electron chi connectivity index (χ4n) is 2.87. The minimum Gasteiger partial charge on any atom is -0.0599 e. The molecule has 0 N–H and O–H groups in total. The molecule has 83 valence electrons. The van der Waals surface area contributed by atoms with Gasteiger partial charge in [0.1, 0.15) is 0 Å². The second-order valence-electron chi connectivity index (χ2n) is 6.94. The van der Waals surface area contributed by atoms with E-state index >= 15 is 0 Å². The zero-order chi connectivity index (χ0) is 11.0. The molecular weight excluding hydrogens is 168 g/mol. The first-order valence-corrected chi connectivity index (χ1v) is 6.09. The van der Waals surface area contributed by atoms with Crippen molar-refractivity contribution in [1.82, 2.24) is 0 Å². The second-order valence-corrected chi connectivity index (χ2v) is 6.94. The molecule has 0 aliphatic heterocycles. The van der Waals surface area contributed by atoms with Crippen molar-refractivity contribution in [3.8, 4) is 0 Å². The van der Waals surface area contributed by atoms with Gasteiger partial charge in [-0.05, 0) is 35.5 Å². The minimum absolute atomic E-state index is 0.415. The van der Waals surface area contributed by atoms with Crippen LogP contribution in [0.5, 0.6) is 0 Å². The molecule has 0 saturated heterocycles. The van der Waals surface area contributed by atoms with Gasteiger partial charge in [-0.15, -0.1) is 0 Å². The van der Waals surface area contributed by atoms with Crippen molar-refractivity contribution in [2.45, 2.75) is 67.2 Å². The Kier molecular flexibility index (Phi) is 3.33. The fourth-order valence-corrected chi connectivity index (χ4v) is 2.87. The van der Waals surface area contributed by atoms with E-state index in [9.17, 15) is 0 Å². The first-order chi connectivity index (χ1) is 6.23. The van der Waals surface area contributed by atoms with E-state index in [4.69, 9.17) is 0 Å². The molecule has 1 aliphatic rings. The molecule has 1 fully saturated rings. The molecule has 0 aromatic carbocycles. The van der Waals surface area contributed by atoms with Gasteiger partial charge in [0.25, 0.3) is 0 Å². The van der Waals surface area contributed by atoms with Crippen LogP contribution in [0, 0.1) is 22.7 Å². The van der Waals surface area contributed by atoms with Gasteiger partial charge < -0.3 is 0 Å². The fraction of sp³-hybridized carbons (Fsp3) is 0.929. The lowest BCUT2D eigenvalue weighted by Crippen LogP contribution is -2.36. The van der Waals surface area contributed by atoms with Crippen molar-refractivity contribution in [3.63, 3.8) is 0 Å². The van der Waals surface area contributed by atoms with Gasteiger partial charge in [0, 0.05) is 0 Å². The molecule has 0 aromatic heterocycles. The van der Waals surface area contributed by atoms with Crippen molar-refractivity contribution < 1.29 is 0 Å². The van der Waals surface area contributed by atoms with Gasteiger partial charge in [-0.25, -0.2) is 0 Å². The molecule has 1 unspecified atom stereocenters. The van der Waals surface area contributed by atoms with Gasteiger partial charge in [-0.2, -0.15) is 0 Å². The molecule has 1 rings (SSSR count). The van der Waals surface area contributed by atoms with Gasteiger partial charge >= 0.3 is 0 Å². The highest BCUT2D eigenvalue weighted by atomic mass is 14.4. The normalized spacial score (nSPS) is 26.6. The van der Waals surface area contributed by atoms with Gasteiger partial charge in [-0.1, -0.05) is 54.4 Å². The molecule has 14 heavy (non-hydrogen) atoms. The molecule has 0 aromatic rings. The average molecular weight is 195 g/mol. The van der Waals surface area contributed by atoms with Crippen molar-refractivity contribution in [2.24, 2.45) is 16.7 Å². The third kappa shape index (κ3) is 2.74. The van der Waals surface area contributed by atoms with Crippen LogP contribution < -0.4 is 0 Å². The smallest absolute Gasteiger partial charge is 0.0151 e. The topological polar surface area (TPSA) is 0 Å². The largest absolute Gasteiger partial charge is 0.0599 e. The van der Waals surface area contributed by atoms with E-state index in [0.717, 1.165) is 5.92 Å². The molecule has 0 spiro atoms. The molecule has 1 saturated carbocycles. The highest BCUT2D eigenvalue weighted by molar-refractivity contribution is 5.10. The Morgan fingerprint density at radius 3 is 1.86 bits per heavy atom. The Hall–Kier alpha value is 0. The van der Waals surface area contributed by atoms with Crippen LogP contribution in [-0.2, 0) is 0 Å². The third-order valence-corrected chi connectivity index (χ3v) is 3.62. The zero-order valence-electron chi connectivity index (χ0n) is 10.9. The summed E-state index contributed by atoms with van der Waals surface area (Å²) in [6.07, 6.45) is 5.63.